The van der Waals surface area contributed by atoms with Crippen molar-refractivity contribution in [2.24, 2.45) is 0 Å². The normalized spacial score (nSPS) is 15.0. The summed E-state index contributed by atoms with van der Waals surface area (Å²) in [6, 6.07) is 10.7. The number of aryl methyl sites for hydroxylation is 1. The van der Waals surface area contributed by atoms with Gasteiger partial charge in [0.2, 0.25) is 0 Å². The number of fused-ring (bicyclic) bond motifs is 1. The highest BCUT2D eigenvalue weighted by Gasteiger charge is 2.14. The van der Waals surface area contributed by atoms with Gasteiger partial charge in [0.15, 0.2) is 0 Å². The van der Waals surface area contributed by atoms with Crippen LogP contribution in [0, 0.1) is 12.7 Å². The molecule has 0 spiro atoms. The first-order valence-electron chi connectivity index (χ1n) is 8.07. The molecule has 0 saturated carbocycles. The number of morpholine rings is 1. The summed E-state index contributed by atoms with van der Waals surface area (Å²) in [7, 11) is 0. The van der Waals surface area contributed by atoms with Gasteiger partial charge in [-0.15, -0.1) is 0 Å². The maximum Gasteiger partial charge on any atom is 0.148 e. The van der Waals surface area contributed by atoms with Crippen LogP contribution in [0.3, 0.4) is 0 Å². The van der Waals surface area contributed by atoms with Crippen molar-refractivity contribution in [3.8, 4) is 11.1 Å². The fourth-order valence-corrected chi connectivity index (χ4v) is 3.02. The molecule has 0 atom stereocenters. The molecule has 1 aromatic heterocycles. The predicted octanol–water partition coefficient (Wildman–Crippen LogP) is 3.58. The van der Waals surface area contributed by atoms with Crippen LogP contribution in [0.4, 0.5) is 10.2 Å². The SMILES string of the molecule is Cc1ccc(F)cc1-c1ccc2ncc(N3CCOCC3)nc2c1. The van der Waals surface area contributed by atoms with E-state index in [1.807, 2.05) is 25.1 Å². The van der Waals surface area contributed by atoms with E-state index < -0.39 is 0 Å². The van der Waals surface area contributed by atoms with Crippen molar-refractivity contribution in [2.75, 3.05) is 31.2 Å². The summed E-state index contributed by atoms with van der Waals surface area (Å²) in [5.41, 5.74) is 4.53. The van der Waals surface area contributed by atoms with Crippen LogP contribution in [0.5, 0.6) is 0 Å². The number of ether oxygens (including phenoxy) is 1. The van der Waals surface area contributed by atoms with Crippen molar-refractivity contribution in [2.45, 2.75) is 6.92 Å². The molecule has 4 rings (SSSR count). The first-order valence-corrected chi connectivity index (χ1v) is 8.07. The summed E-state index contributed by atoms with van der Waals surface area (Å²) in [6.07, 6.45) is 1.81. The van der Waals surface area contributed by atoms with Crippen molar-refractivity contribution in [1.82, 2.24) is 9.97 Å². The van der Waals surface area contributed by atoms with Crippen LogP contribution >= 0.6 is 0 Å². The highest BCUT2D eigenvalue weighted by Crippen LogP contribution is 2.27. The topological polar surface area (TPSA) is 38.2 Å². The lowest BCUT2D eigenvalue weighted by molar-refractivity contribution is 0.122. The van der Waals surface area contributed by atoms with Gasteiger partial charge in [-0.2, -0.15) is 0 Å². The van der Waals surface area contributed by atoms with E-state index in [-0.39, 0.29) is 5.82 Å². The van der Waals surface area contributed by atoms with E-state index in [1.54, 1.807) is 18.3 Å². The van der Waals surface area contributed by atoms with Crippen molar-refractivity contribution in [3.05, 3.63) is 54.0 Å². The van der Waals surface area contributed by atoms with E-state index in [9.17, 15) is 4.39 Å². The summed E-state index contributed by atoms with van der Waals surface area (Å²) in [6.45, 7) is 5.05. The lowest BCUT2D eigenvalue weighted by Crippen LogP contribution is -2.36. The van der Waals surface area contributed by atoms with Gasteiger partial charge in [0, 0.05) is 13.1 Å². The third-order valence-electron chi connectivity index (χ3n) is 4.38. The van der Waals surface area contributed by atoms with Crippen molar-refractivity contribution in [1.29, 1.82) is 0 Å². The third kappa shape index (κ3) is 2.83. The molecule has 5 heteroatoms. The molecule has 4 nitrogen and oxygen atoms in total. The summed E-state index contributed by atoms with van der Waals surface area (Å²) >= 11 is 0. The van der Waals surface area contributed by atoms with Crippen molar-refractivity contribution < 1.29 is 9.13 Å². The number of anilines is 1. The molecule has 2 aromatic carbocycles. The molecule has 1 fully saturated rings. The standard InChI is InChI=1S/C19H18FN3O/c1-13-2-4-15(20)11-16(13)14-3-5-17-18(10-14)22-19(12-21-17)23-6-8-24-9-7-23/h2-5,10-12H,6-9H2,1H3. The molecule has 0 N–H and O–H groups in total. The number of nitrogens with zero attached hydrogens (tertiary/aromatic N) is 3. The number of rotatable bonds is 2. The minimum atomic E-state index is -0.233. The second-order valence-corrected chi connectivity index (χ2v) is 5.99. The number of hydrogen-bond acceptors (Lipinski definition) is 4. The van der Waals surface area contributed by atoms with Crippen LogP contribution in [0.2, 0.25) is 0 Å². The average molecular weight is 323 g/mol. The Hall–Kier alpha value is -2.53. The summed E-state index contributed by atoms with van der Waals surface area (Å²) < 4.78 is 19.0. The van der Waals surface area contributed by atoms with E-state index in [0.717, 1.165) is 46.6 Å². The van der Waals surface area contributed by atoms with Crippen LogP contribution in [0.15, 0.2) is 42.6 Å². The number of benzene rings is 2. The van der Waals surface area contributed by atoms with Crippen molar-refractivity contribution in [3.63, 3.8) is 0 Å². The van der Waals surface area contributed by atoms with Crippen LogP contribution in [0.1, 0.15) is 5.56 Å². The molecule has 1 aliphatic rings. The Kier molecular flexibility index (Phi) is 3.86. The molecule has 24 heavy (non-hydrogen) atoms. The first kappa shape index (κ1) is 15.0. The zero-order chi connectivity index (χ0) is 16.5. The molecular weight excluding hydrogens is 305 g/mol. The van der Waals surface area contributed by atoms with E-state index in [2.05, 4.69) is 9.88 Å². The van der Waals surface area contributed by atoms with Gasteiger partial charge < -0.3 is 9.64 Å². The average Bonchev–Trinajstić information content (AvgIpc) is 2.63. The minimum absolute atomic E-state index is 0.233. The molecular formula is C19H18FN3O. The maximum atomic E-state index is 13.6. The minimum Gasteiger partial charge on any atom is -0.378 e. The van der Waals surface area contributed by atoms with E-state index >= 15 is 0 Å². The molecule has 0 unspecified atom stereocenters. The lowest BCUT2D eigenvalue weighted by atomic mass is 10.00. The molecule has 122 valence electrons. The second kappa shape index (κ2) is 6.17. The molecule has 0 amide bonds. The van der Waals surface area contributed by atoms with Crippen LogP contribution in [0.25, 0.3) is 22.2 Å². The van der Waals surface area contributed by atoms with Crippen LogP contribution in [-0.4, -0.2) is 36.3 Å². The fraction of sp³-hybridized carbons (Fsp3) is 0.263. The van der Waals surface area contributed by atoms with Gasteiger partial charge >= 0.3 is 0 Å². The zero-order valence-corrected chi connectivity index (χ0v) is 13.5. The Morgan fingerprint density at radius 2 is 1.88 bits per heavy atom. The Morgan fingerprint density at radius 3 is 2.71 bits per heavy atom. The van der Waals surface area contributed by atoms with Gasteiger partial charge in [-0.05, 0) is 47.9 Å². The summed E-state index contributed by atoms with van der Waals surface area (Å²) in [5, 5.41) is 0. The smallest absolute Gasteiger partial charge is 0.148 e. The van der Waals surface area contributed by atoms with Crippen molar-refractivity contribution >= 4 is 16.9 Å². The highest BCUT2D eigenvalue weighted by molar-refractivity contribution is 5.83. The molecule has 0 bridgehead atoms. The number of aromatic nitrogens is 2. The molecule has 0 aliphatic carbocycles. The second-order valence-electron chi connectivity index (χ2n) is 5.99. The van der Waals surface area contributed by atoms with E-state index in [0.29, 0.717) is 13.2 Å². The molecule has 1 aliphatic heterocycles. The first-order chi connectivity index (χ1) is 11.7. The quantitative estimate of drug-likeness (QED) is 0.722. The molecule has 2 heterocycles. The molecule has 1 saturated heterocycles. The number of hydrogen-bond donors (Lipinski definition) is 0. The third-order valence-corrected chi connectivity index (χ3v) is 4.38. The van der Waals surface area contributed by atoms with Gasteiger partial charge in [0.25, 0.3) is 0 Å². The van der Waals surface area contributed by atoms with Gasteiger partial charge in [-0.1, -0.05) is 12.1 Å². The van der Waals surface area contributed by atoms with E-state index in [1.165, 1.54) is 6.07 Å². The van der Waals surface area contributed by atoms with E-state index in [4.69, 9.17) is 9.72 Å². The molecule has 3 aromatic rings. The number of halogens is 1. The maximum absolute atomic E-state index is 13.6. The fourth-order valence-electron chi connectivity index (χ4n) is 3.02. The lowest BCUT2D eigenvalue weighted by Gasteiger charge is -2.27. The molecule has 0 radical (unpaired) electrons. The van der Waals surface area contributed by atoms with Crippen LogP contribution in [-0.2, 0) is 4.74 Å². The largest absolute Gasteiger partial charge is 0.378 e. The highest BCUT2D eigenvalue weighted by atomic mass is 19.1. The summed E-state index contributed by atoms with van der Waals surface area (Å²) in [4.78, 5) is 11.4. The Balaban J connectivity index is 1.77. The van der Waals surface area contributed by atoms with Gasteiger partial charge in [0.1, 0.15) is 11.6 Å². The van der Waals surface area contributed by atoms with Gasteiger partial charge in [0.05, 0.1) is 30.4 Å². The van der Waals surface area contributed by atoms with Gasteiger partial charge in [-0.3, -0.25) is 4.98 Å². The Bertz CT molecular complexity index is 891. The monoisotopic (exact) mass is 323 g/mol. The Labute approximate surface area is 139 Å². The Morgan fingerprint density at radius 1 is 1.04 bits per heavy atom. The van der Waals surface area contributed by atoms with Gasteiger partial charge in [-0.25, -0.2) is 9.37 Å². The summed E-state index contributed by atoms with van der Waals surface area (Å²) in [5.74, 6) is 0.628. The van der Waals surface area contributed by atoms with Crippen LogP contribution < -0.4 is 4.90 Å². The zero-order valence-electron chi connectivity index (χ0n) is 13.5. The predicted molar refractivity (Wildman–Crippen MR) is 92.7 cm³/mol.